The molecule has 0 aliphatic carbocycles. The van der Waals surface area contributed by atoms with E-state index in [0.29, 0.717) is 6.10 Å². The predicted molar refractivity (Wildman–Crippen MR) is 90.1 cm³/mol. The van der Waals surface area contributed by atoms with Crippen molar-refractivity contribution < 1.29 is 13.5 Å². The molecule has 4 heteroatoms. The van der Waals surface area contributed by atoms with Crippen molar-refractivity contribution in [2.75, 3.05) is 26.7 Å². The number of halogens is 2. The molecule has 0 unspecified atom stereocenters. The molecule has 0 atom stereocenters. The molecule has 1 fully saturated rings. The zero-order valence-corrected chi connectivity index (χ0v) is 14.7. The number of methoxy groups -OCH3 is 1. The number of hydrogen-bond acceptors (Lipinski definition) is 2. The number of ether oxygens (including phenoxy) is 1. The summed E-state index contributed by atoms with van der Waals surface area (Å²) in [6.07, 6.45) is 3.61. The number of benzene rings is 1. The van der Waals surface area contributed by atoms with Gasteiger partial charge in [0.1, 0.15) is 0 Å². The van der Waals surface area contributed by atoms with Gasteiger partial charge in [-0.3, -0.25) is 0 Å². The first kappa shape index (κ1) is 18.3. The molecule has 0 N–H and O–H groups in total. The molecule has 0 aromatic heterocycles. The summed E-state index contributed by atoms with van der Waals surface area (Å²) in [5.41, 5.74) is 1.19. The zero-order chi connectivity index (χ0) is 17.1. The summed E-state index contributed by atoms with van der Waals surface area (Å²) in [5, 5.41) is 0. The van der Waals surface area contributed by atoms with Gasteiger partial charge in [-0.15, -0.1) is 0 Å². The summed E-state index contributed by atoms with van der Waals surface area (Å²) in [6.45, 7) is 8.51. The molecule has 0 saturated carbocycles. The van der Waals surface area contributed by atoms with Gasteiger partial charge in [0.2, 0.25) is 0 Å². The van der Waals surface area contributed by atoms with E-state index in [9.17, 15) is 8.78 Å². The molecule has 1 heterocycles. The Labute approximate surface area is 138 Å². The van der Waals surface area contributed by atoms with Crippen molar-refractivity contribution in [2.24, 2.45) is 0 Å². The van der Waals surface area contributed by atoms with Crippen LogP contribution in [0, 0.1) is 0 Å². The molecule has 1 aliphatic heterocycles. The maximum Gasteiger partial charge on any atom is 0.270 e. The van der Waals surface area contributed by atoms with Crippen molar-refractivity contribution in [1.29, 1.82) is 0 Å². The SMILES string of the molecule is COC1CCN(CCC(C)(C)c2ccc(C(C)(F)F)cc2)CC1. The molecule has 1 saturated heterocycles. The van der Waals surface area contributed by atoms with Gasteiger partial charge in [-0.2, -0.15) is 0 Å². The molecule has 1 aromatic carbocycles. The Morgan fingerprint density at radius 3 is 2.04 bits per heavy atom. The van der Waals surface area contributed by atoms with Gasteiger partial charge in [0.25, 0.3) is 5.92 Å². The van der Waals surface area contributed by atoms with E-state index in [4.69, 9.17) is 4.74 Å². The predicted octanol–water partition coefficient (Wildman–Crippen LogP) is 4.58. The highest BCUT2D eigenvalue weighted by molar-refractivity contribution is 5.30. The van der Waals surface area contributed by atoms with E-state index in [-0.39, 0.29) is 11.0 Å². The van der Waals surface area contributed by atoms with Crippen LogP contribution in [-0.4, -0.2) is 37.7 Å². The van der Waals surface area contributed by atoms with Gasteiger partial charge in [-0.1, -0.05) is 38.1 Å². The van der Waals surface area contributed by atoms with Crippen LogP contribution >= 0.6 is 0 Å². The fraction of sp³-hybridized carbons (Fsp3) is 0.684. The topological polar surface area (TPSA) is 12.5 Å². The van der Waals surface area contributed by atoms with Crippen LogP contribution in [0.3, 0.4) is 0 Å². The summed E-state index contributed by atoms with van der Waals surface area (Å²) >= 11 is 0. The highest BCUT2D eigenvalue weighted by Crippen LogP contribution is 2.32. The van der Waals surface area contributed by atoms with Crippen LogP contribution in [0.5, 0.6) is 0 Å². The summed E-state index contributed by atoms with van der Waals surface area (Å²) in [6, 6.07) is 6.82. The lowest BCUT2D eigenvalue weighted by atomic mass is 9.81. The quantitative estimate of drug-likeness (QED) is 0.759. The van der Waals surface area contributed by atoms with Gasteiger partial charge in [0, 0.05) is 32.7 Å². The highest BCUT2D eigenvalue weighted by atomic mass is 19.3. The molecular formula is C19H29F2NO. The third-order valence-electron chi connectivity index (χ3n) is 5.09. The van der Waals surface area contributed by atoms with E-state index < -0.39 is 5.92 Å². The van der Waals surface area contributed by atoms with E-state index >= 15 is 0 Å². The average molecular weight is 325 g/mol. The summed E-state index contributed by atoms with van der Waals surface area (Å²) in [7, 11) is 1.78. The van der Waals surface area contributed by atoms with Crippen molar-refractivity contribution in [2.45, 2.75) is 57.5 Å². The van der Waals surface area contributed by atoms with E-state index in [1.54, 1.807) is 19.2 Å². The molecule has 23 heavy (non-hydrogen) atoms. The van der Waals surface area contributed by atoms with Crippen LogP contribution < -0.4 is 0 Å². The zero-order valence-electron chi connectivity index (χ0n) is 14.7. The Balaban J connectivity index is 1.91. The van der Waals surface area contributed by atoms with Gasteiger partial charge in [-0.25, -0.2) is 8.78 Å². The lowest BCUT2D eigenvalue weighted by Gasteiger charge is -2.34. The normalized spacial score (nSPS) is 18.3. The van der Waals surface area contributed by atoms with Gasteiger partial charge >= 0.3 is 0 Å². The molecule has 0 bridgehead atoms. The molecule has 0 spiro atoms. The number of nitrogens with zero attached hydrogens (tertiary/aromatic N) is 1. The first-order valence-corrected chi connectivity index (χ1v) is 8.46. The number of rotatable bonds is 6. The summed E-state index contributed by atoms with van der Waals surface area (Å²) in [4.78, 5) is 2.48. The molecule has 0 radical (unpaired) electrons. The summed E-state index contributed by atoms with van der Waals surface area (Å²) in [5.74, 6) is -2.77. The second-order valence-corrected chi connectivity index (χ2v) is 7.38. The van der Waals surface area contributed by atoms with Crippen LogP contribution in [-0.2, 0) is 16.1 Å². The summed E-state index contributed by atoms with van der Waals surface area (Å²) < 4.78 is 32.0. The molecule has 1 aliphatic rings. The van der Waals surface area contributed by atoms with Crippen LogP contribution in [0.1, 0.15) is 51.2 Å². The Hall–Kier alpha value is -1.00. The van der Waals surface area contributed by atoms with E-state index in [2.05, 4.69) is 18.7 Å². The maximum atomic E-state index is 13.3. The molecular weight excluding hydrogens is 296 g/mol. The minimum atomic E-state index is -2.77. The number of piperidine rings is 1. The largest absolute Gasteiger partial charge is 0.381 e. The third-order valence-corrected chi connectivity index (χ3v) is 5.09. The molecule has 1 aromatic rings. The minimum absolute atomic E-state index is 0.0142. The maximum absolute atomic E-state index is 13.3. The molecule has 130 valence electrons. The second-order valence-electron chi connectivity index (χ2n) is 7.38. The fourth-order valence-electron chi connectivity index (χ4n) is 3.16. The lowest BCUT2D eigenvalue weighted by Crippen LogP contribution is -2.38. The average Bonchev–Trinajstić information content (AvgIpc) is 2.53. The van der Waals surface area contributed by atoms with Crippen molar-refractivity contribution in [1.82, 2.24) is 4.90 Å². The smallest absolute Gasteiger partial charge is 0.270 e. The third kappa shape index (κ3) is 4.98. The first-order chi connectivity index (χ1) is 10.7. The van der Waals surface area contributed by atoms with Gasteiger partial charge in [0.05, 0.1) is 6.10 Å². The van der Waals surface area contributed by atoms with Gasteiger partial charge in [-0.05, 0) is 36.8 Å². The monoisotopic (exact) mass is 325 g/mol. The van der Waals surface area contributed by atoms with E-state index in [1.165, 1.54) is 0 Å². The molecule has 0 amide bonds. The number of likely N-dealkylation sites (tertiary alicyclic amines) is 1. The van der Waals surface area contributed by atoms with Crippen molar-refractivity contribution in [3.63, 3.8) is 0 Å². The van der Waals surface area contributed by atoms with Crippen LogP contribution in [0.2, 0.25) is 0 Å². The first-order valence-electron chi connectivity index (χ1n) is 8.46. The number of alkyl halides is 2. The Bertz CT molecular complexity index is 485. The van der Waals surface area contributed by atoms with E-state index in [1.807, 2.05) is 12.1 Å². The van der Waals surface area contributed by atoms with Crippen LogP contribution in [0.4, 0.5) is 8.78 Å². The Morgan fingerprint density at radius 1 is 1.04 bits per heavy atom. The van der Waals surface area contributed by atoms with Crippen LogP contribution in [0.25, 0.3) is 0 Å². The second kappa shape index (κ2) is 7.27. The molecule has 2 rings (SSSR count). The lowest BCUT2D eigenvalue weighted by molar-refractivity contribution is 0.0174. The van der Waals surface area contributed by atoms with Crippen LogP contribution in [0.15, 0.2) is 24.3 Å². The number of hydrogen-bond donors (Lipinski definition) is 0. The minimum Gasteiger partial charge on any atom is -0.381 e. The van der Waals surface area contributed by atoms with Crippen molar-refractivity contribution in [3.8, 4) is 0 Å². The molecule has 2 nitrogen and oxygen atoms in total. The Morgan fingerprint density at radius 2 is 1.57 bits per heavy atom. The standard InChI is InChI=1S/C19H29F2NO/c1-18(2,11-14-22-12-9-17(23-4)10-13-22)15-5-7-16(8-6-15)19(3,20)21/h5-8,17H,9-14H2,1-4H3. The highest BCUT2D eigenvalue weighted by Gasteiger charge is 2.27. The van der Waals surface area contributed by atoms with Gasteiger partial charge in [0.15, 0.2) is 0 Å². The van der Waals surface area contributed by atoms with E-state index in [0.717, 1.165) is 51.4 Å². The Kier molecular flexibility index (Phi) is 5.79. The van der Waals surface area contributed by atoms with Crippen molar-refractivity contribution >= 4 is 0 Å². The van der Waals surface area contributed by atoms with Crippen molar-refractivity contribution in [3.05, 3.63) is 35.4 Å². The van der Waals surface area contributed by atoms with Gasteiger partial charge < -0.3 is 9.64 Å². The fourth-order valence-corrected chi connectivity index (χ4v) is 3.16.